The summed E-state index contributed by atoms with van der Waals surface area (Å²) in [6.45, 7) is 4.49. The molecule has 1 aliphatic rings. The molecule has 6 heteroatoms. The van der Waals surface area contributed by atoms with E-state index < -0.39 is 23.8 Å². The Morgan fingerprint density at radius 1 is 0.926 bits per heavy atom. The van der Waals surface area contributed by atoms with Gasteiger partial charge in [-0.1, -0.05) is 31.2 Å². The van der Waals surface area contributed by atoms with E-state index in [0.717, 1.165) is 28.2 Å². The molecule has 0 radical (unpaired) electrons. The number of hydrogen-bond donors (Lipinski definition) is 1. The molecule has 27 heavy (non-hydrogen) atoms. The van der Waals surface area contributed by atoms with Gasteiger partial charge in [0.05, 0.1) is 12.3 Å². The molecule has 1 N–H and O–H groups in total. The summed E-state index contributed by atoms with van der Waals surface area (Å²) in [6.07, 6.45) is 1.08. The van der Waals surface area contributed by atoms with E-state index in [2.05, 4.69) is 5.32 Å². The van der Waals surface area contributed by atoms with Crippen molar-refractivity contribution in [3.63, 3.8) is 0 Å². The van der Waals surface area contributed by atoms with Crippen molar-refractivity contribution < 1.29 is 19.1 Å². The average Bonchev–Trinajstić information content (AvgIpc) is 2.67. The zero-order valence-electron chi connectivity index (χ0n) is 15.4. The van der Waals surface area contributed by atoms with Crippen LogP contribution in [0.2, 0.25) is 0 Å². The number of anilines is 1. The van der Waals surface area contributed by atoms with Crippen LogP contribution in [0.25, 0.3) is 0 Å². The zero-order chi connectivity index (χ0) is 19.4. The fourth-order valence-corrected chi connectivity index (χ4v) is 3.05. The molecule has 0 saturated carbocycles. The van der Waals surface area contributed by atoms with Crippen LogP contribution in [0.5, 0.6) is 5.75 Å². The van der Waals surface area contributed by atoms with E-state index in [1.165, 1.54) is 0 Å². The highest BCUT2D eigenvalue weighted by molar-refractivity contribution is 6.27. The summed E-state index contributed by atoms with van der Waals surface area (Å²) in [5.41, 5.74) is 2.38. The first-order valence-corrected chi connectivity index (χ1v) is 9.03. The standard InChI is InChI=1S/C21H22N2O4/c1-3-14-5-9-16(10-6-14)23-20(25)18(19(24)22-21(23)26)13-15-7-11-17(12-8-15)27-4-2/h5-12,18H,3-4,13H2,1-2H3,(H,22,24,26)/t18-/m0/s1. The molecule has 1 fully saturated rings. The van der Waals surface area contributed by atoms with Gasteiger partial charge in [-0.15, -0.1) is 0 Å². The first-order chi connectivity index (χ1) is 13.0. The van der Waals surface area contributed by atoms with Crippen LogP contribution in [0.1, 0.15) is 25.0 Å². The van der Waals surface area contributed by atoms with E-state index >= 15 is 0 Å². The summed E-state index contributed by atoms with van der Waals surface area (Å²) in [7, 11) is 0. The van der Waals surface area contributed by atoms with Gasteiger partial charge < -0.3 is 4.74 Å². The number of urea groups is 1. The number of nitrogens with zero attached hydrogens (tertiary/aromatic N) is 1. The number of amides is 4. The fourth-order valence-electron chi connectivity index (χ4n) is 3.05. The predicted octanol–water partition coefficient (Wildman–Crippen LogP) is 3.09. The molecule has 0 spiro atoms. The molecule has 4 amide bonds. The van der Waals surface area contributed by atoms with Crippen LogP contribution < -0.4 is 15.0 Å². The van der Waals surface area contributed by atoms with E-state index in [4.69, 9.17) is 4.74 Å². The van der Waals surface area contributed by atoms with E-state index in [1.54, 1.807) is 24.3 Å². The van der Waals surface area contributed by atoms with Crippen LogP contribution in [-0.4, -0.2) is 24.5 Å². The average molecular weight is 366 g/mol. The molecular weight excluding hydrogens is 344 g/mol. The van der Waals surface area contributed by atoms with Crippen molar-refractivity contribution in [2.24, 2.45) is 5.92 Å². The van der Waals surface area contributed by atoms with Gasteiger partial charge in [0, 0.05) is 0 Å². The van der Waals surface area contributed by atoms with Gasteiger partial charge in [0.1, 0.15) is 11.7 Å². The molecule has 0 unspecified atom stereocenters. The van der Waals surface area contributed by atoms with Crippen molar-refractivity contribution in [3.05, 3.63) is 59.7 Å². The van der Waals surface area contributed by atoms with Crippen LogP contribution in [0, 0.1) is 5.92 Å². The second-order valence-electron chi connectivity index (χ2n) is 6.32. The molecule has 0 aliphatic carbocycles. The van der Waals surface area contributed by atoms with Gasteiger partial charge in [0.15, 0.2) is 0 Å². The van der Waals surface area contributed by atoms with Crippen LogP contribution in [0.15, 0.2) is 48.5 Å². The fraction of sp³-hybridized carbons (Fsp3) is 0.286. The maximum atomic E-state index is 12.9. The number of carbonyl (C=O) groups is 3. The van der Waals surface area contributed by atoms with Gasteiger partial charge in [-0.25, -0.2) is 9.69 Å². The Labute approximate surface area is 158 Å². The number of ether oxygens (including phenoxy) is 1. The van der Waals surface area contributed by atoms with Crippen molar-refractivity contribution in [2.75, 3.05) is 11.5 Å². The number of hydrogen-bond acceptors (Lipinski definition) is 4. The van der Waals surface area contributed by atoms with Crippen LogP contribution in [0.4, 0.5) is 10.5 Å². The highest BCUT2D eigenvalue weighted by atomic mass is 16.5. The predicted molar refractivity (Wildman–Crippen MR) is 102 cm³/mol. The number of aryl methyl sites for hydroxylation is 1. The second-order valence-corrected chi connectivity index (χ2v) is 6.32. The van der Waals surface area contributed by atoms with Crippen LogP contribution >= 0.6 is 0 Å². The number of nitrogens with one attached hydrogen (secondary N) is 1. The van der Waals surface area contributed by atoms with Crippen molar-refractivity contribution in [1.82, 2.24) is 5.32 Å². The Morgan fingerprint density at radius 2 is 1.56 bits per heavy atom. The quantitative estimate of drug-likeness (QED) is 0.797. The van der Waals surface area contributed by atoms with Crippen molar-refractivity contribution in [3.8, 4) is 5.75 Å². The highest BCUT2D eigenvalue weighted by Crippen LogP contribution is 2.24. The molecule has 1 atom stereocenters. The number of rotatable bonds is 6. The van der Waals surface area contributed by atoms with E-state index in [-0.39, 0.29) is 6.42 Å². The van der Waals surface area contributed by atoms with Gasteiger partial charge in [-0.3, -0.25) is 14.9 Å². The third-order valence-electron chi connectivity index (χ3n) is 4.55. The van der Waals surface area contributed by atoms with Gasteiger partial charge >= 0.3 is 6.03 Å². The van der Waals surface area contributed by atoms with Crippen molar-refractivity contribution in [1.29, 1.82) is 0 Å². The minimum atomic E-state index is -0.952. The van der Waals surface area contributed by atoms with E-state index in [1.807, 2.05) is 38.1 Å². The summed E-state index contributed by atoms with van der Waals surface area (Å²) in [6, 6.07) is 13.7. The Hall–Kier alpha value is -3.15. The molecular formula is C21H22N2O4. The summed E-state index contributed by atoms with van der Waals surface area (Å²) in [5, 5.41) is 2.29. The van der Waals surface area contributed by atoms with E-state index in [9.17, 15) is 14.4 Å². The molecule has 140 valence electrons. The molecule has 3 rings (SSSR count). The number of barbiturate groups is 1. The minimum absolute atomic E-state index is 0.216. The van der Waals surface area contributed by atoms with Crippen molar-refractivity contribution in [2.45, 2.75) is 26.7 Å². The summed E-state index contributed by atoms with van der Waals surface area (Å²) < 4.78 is 5.40. The minimum Gasteiger partial charge on any atom is -0.494 e. The zero-order valence-corrected chi connectivity index (χ0v) is 15.4. The number of benzene rings is 2. The summed E-state index contributed by atoms with van der Waals surface area (Å²) in [4.78, 5) is 38.4. The maximum absolute atomic E-state index is 12.9. The van der Waals surface area contributed by atoms with Gasteiger partial charge in [0.2, 0.25) is 11.8 Å². The Kier molecular flexibility index (Phi) is 5.54. The molecule has 1 heterocycles. The first kappa shape index (κ1) is 18.6. The highest BCUT2D eigenvalue weighted by Gasteiger charge is 2.41. The second kappa shape index (κ2) is 8.03. The van der Waals surface area contributed by atoms with Gasteiger partial charge in [-0.2, -0.15) is 0 Å². The molecule has 1 saturated heterocycles. The summed E-state index contributed by atoms with van der Waals surface area (Å²) >= 11 is 0. The number of carbonyl (C=O) groups excluding carboxylic acids is 3. The van der Waals surface area contributed by atoms with Crippen molar-refractivity contribution >= 4 is 23.5 Å². The van der Waals surface area contributed by atoms with Crippen LogP contribution in [-0.2, 0) is 22.4 Å². The lowest BCUT2D eigenvalue weighted by molar-refractivity contribution is -0.134. The van der Waals surface area contributed by atoms with E-state index in [0.29, 0.717) is 12.3 Å². The summed E-state index contributed by atoms with van der Waals surface area (Å²) in [5.74, 6) is -1.30. The van der Waals surface area contributed by atoms with Crippen LogP contribution in [0.3, 0.4) is 0 Å². The maximum Gasteiger partial charge on any atom is 0.335 e. The lowest BCUT2D eigenvalue weighted by Crippen LogP contribution is -2.58. The third-order valence-corrected chi connectivity index (χ3v) is 4.55. The largest absolute Gasteiger partial charge is 0.494 e. The monoisotopic (exact) mass is 366 g/mol. The molecule has 0 aromatic heterocycles. The SMILES string of the molecule is CCOc1ccc(C[C@H]2C(=O)NC(=O)N(c3ccc(CC)cc3)C2=O)cc1. The Balaban J connectivity index is 1.81. The molecule has 2 aromatic carbocycles. The van der Waals surface area contributed by atoms with Gasteiger partial charge in [0.25, 0.3) is 0 Å². The van der Waals surface area contributed by atoms with Gasteiger partial charge in [-0.05, 0) is 55.2 Å². The smallest absolute Gasteiger partial charge is 0.335 e. The molecule has 2 aromatic rings. The molecule has 0 bridgehead atoms. The molecule has 6 nitrogen and oxygen atoms in total. The lowest BCUT2D eigenvalue weighted by Gasteiger charge is -2.30. The normalized spacial score (nSPS) is 17.0. The Morgan fingerprint density at radius 3 is 2.15 bits per heavy atom. The Bertz CT molecular complexity index is 843. The molecule has 1 aliphatic heterocycles. The first-order valence-electron chi connectivity index (χ1n) is 9.03. The number of imide groups is 2. The topological polar surface area (TPSA) is 75.7 Å². The third kappa shape index (κ3) is 4.00. The lowest BCUT2D eigenvalue weighted by atomic mass is 9.95.